The Bertz CT molecular complexity index is 860. The van der Waals surface area contributed by atoms with Gasteiger partial charge in [0.15, 0.2) is 0 Å². The molecule has 1 atom stereocenters. The maximum Gasteiger partial charge on any atom is 0.242 e. The van der Waals surface area contributed by atoms with Gasteiger partial charge in [-0.2, -0.15) is 0 Å². The zero-order valence-electron chi connectivity index (χ0n) is 16.3. The molecule has 5 heteroatoms. The van der Waals surface area contributed by atoms with Crippen LogP contribution in [0.4, 0.5) is 11.4 Å². The molecule has 2 aromatic rings. The number of rotatable bonds is 5. The van der Waals surface area contributed by atoms with Crippen LogP contribution in [0.25, 0.3) is 0 Å². The summed E-state index contributed by atoms with van der Waals surface area (Å²) in [7, 11) is 0. The fraction of sp³-hybridized carbons (Fsp3) is 0.364. The molecule has 0 saturated heterocycles. The van der Waals surface area contributed by atoms with Gasteiger partial charge in [-0.05, 0) is 57.9 Å². The first-order valence-corrected chi connectivity index (χ1v) is 9.31. The number of ether oxygens (including phenoxy) is 1. The van der Waals surface area contributed by atoms with Gasteiger partial charge in [0.2, 0.25) is 11.8 Å². The predicted molar refractivity (Wildman–Crippen MR) is 107 cm³/mol. The van der Waals surface area contributed by atoms with Gasteiger partial charge in [-0.3, -0.25) is 9.59 Å². The van der Waals surface area contributed by atoms with Gasteiger partial charge < -0.3 is 15.0 Å². The summed E-state index contributed by atoms with van der Waals surface area (Å²) < 4.78 is 5.56. The Morgan fingerprint density at radius 3 is 2.56 bits per heavy atom. The molecule has 5 nitrogen and oxygen atoms in total. The monoisotopic (exact) mass is 366 g/mol. The normalized spacial score (nSPS) is 16.0. The molecule has 0 bridgehead atoms. The molecule has 2 amide bonds. The van der Waals surface area contributed by atoms with E-state index in [4.69, 9.17) is 4.74 Å². The number of amides is 2. The van der Waals surface area contributed by atoms with Crippen LogP contribution in [0, 0.1) is 5.41 Å². The molecule has 1 aliphatic rings. The van der Waals surface area contributed by atoms with E-state index in [1.165, 1.54) is 0 Å². The Morgan fingerprint density at radius 2 is 1.81 bits per heavy atom. The van der Waals surface area contributed by atoms with E-state index < -0.39 is 5.41 Å². The van der Waals surface area contributed by atoms with E-state index in [-0.39, 0.29) is 17.9 Å². The number of anilines is 2. The molecule has 1 N–H and O–H groups in total. The van der Waals surface area contributed by atoms with Crippen molar-refractivity contribution in [3.63, 3.8) is 0 Å². The largest absolute Gasteiger partial charge is 0.492 e. The molecule has 0 aliphatic carbocycles. The summed E-state index contributed by atoms with van der Waals surface area (Å²) in [5.41, 5.74) is 1.38. The van der Waals surface area contributed by atoms with E-state index in [1.807, 2.05) is 50.2 Å². The van der Waals surface area contributed by atoms with Crippen LogP contribution in [0.5, 0.6) is 5.75 Å². The highest BCUT2D eigenvalue weighted by Gasteiger charge is 2.43. The highest BCUT2D eigenvalue weighted by atomic mass is 16.5. The molecule has 27 heavy (non-hydrogen) atoms. The smallest absolute Gasteiger partial charge is 0.242 e. The first-order valence-electron chi connectivity index (χ1n) is 9.31. The summed E-state index contributed by atoms with van der Waals surface area (Å²) in [5.74, 6) is 0.0408. The van der Waals surface area contributed by atoms with Crippen LogP contribution in [0.2, 0.25) is 0 Å². The molecule has 0 saturated carbocycles. The first kappa shape index (κ1) is 19.0. The van der Waals surface area contributed by atoms with Crippen molar-refractivity contribution in [1.82, 2.24) is 0 Å². The SMILES string of the molecule is CCOc1ccccc1NC(=O)C(C)(C)C(=O)N1c2ccccc2CC1C. The van der Waals surface area contributed by atoms with Crippen molar-refractivity contribution in [1.29, 1.82) is 0 Å². The average molecular weight is 366 g/mol. The lowest BCUT2D eigenvalue weighted by Gasteiger charge is -2.31. The molecule has 0 spiro atoms. The Morgan fingerprint density at radius 1 is 1.15 bits per heavy atom. The van der Waals surface area contributed by atoms with E-state index in [2.05, 4.69) is 5.32 Å². The van der Waals surface area contributed by atoms with Gasteiger partial charge in [0, 0.05) is 11.7 Å². The number of carbonyl (C=O) groups excluding carboxylic acids is 2. The van der Waals surface area contributed by atoms with Crippen LogP contribution < -0.4 is 15.0 Å². The minimum absolute atomic E-state index is 0.0256. The van der Waals surface area contributed by atoms with E-state index in [9.17, 15) is 9.59 Å². The van der Waals surface area contributed by atoms with Gasteiger partial charge in [-0.1, -0.05) is 30.3 Å². The topological polar surface area (TPSA) is 58.6 Å². The number of nitrogens with one attached hydrogen (secondary N) is 1. The van der Waals surface area contributed by atoms with E-state index in [1.54, 1.807) is 30.9 Å². The predicted octanol–water partition coefficient (Wildman–Crippen LogP) is 4.03. The molecule has 1 heterocycles. The second-order valence-corrected chi connectivity index (χ2v) is 7.37. The lowest BCUT2D eigenvalue weighted by Crippen LogP contribution is -2.49. The van der Waals surface area contributed by atoms with Gasteiger partial charge in [0.25, 0.3) is 0 Å². The molecule has 0 aromatic heterocycles. The van der Waals surface area contributed by atoms with Crippen molar-refractivity contribution in [2.75, 3.05) is 16.8 Å². The van der Waals surface area contributed by atoms with Gasteiger partial charge in [0.1, 0.15) is 11.2 Å². The molecule has 0 fully saturated rings. The second-order valence-electron chi connectivity index (χ2n) is 7.37. The van der Waals surface area contributed by atoms with Crippen molar-refractivity contribution in [3.8, 4) is 5.75 Å². The summed E-state index contributed by atoms with van der Waals surface area (Å²) in [5, 5.41) is 2.87. The van der Waals surface area contributed by atoms with Crippen LogP contribution in [0.3, 0.4) is 0 Å². The van der Waals surface area contributed by atoms with Gasteiger partial charge >= 0.3 is 0 Å². The minimum Gasteiger partial charge on any atom is -0.492 e. The molecular weight excluding hydrogens is 340 g/mol. The summed E-state index contributed by atoms with van der Waals surface area (Å²) in [6.07, 6.45) is 0.798. The van der Waals surface area contributed by atoms with E-state index in [0.717, 1.165) is 17.7 Å². The number of fused-ring (bicyclic) bond motifs is 1. The molecule has 1 unspecified atom stereocenters. The number of nitrogens with zero attached hydrogens (tertiary/aromatic N) is 1. The Labute approximate surface area is 160 Å². The molecule has 2 aromatic carbocycles. The van der Waals surface area contributed by atoms with Crippen molar-refractivity contribution >= 4 is 23.2 Å². The average Bonchev–Trinajstić information content (AvgIpc) is 2.98. The van der Waals surface area contributed by atoms with Gasteiger partial charge in [-0.15, -0.1) is 0 Å². The highest BCUT2D eigenvalue weighted by Crippen LogP contribution is 2.36. The van der Waals surface area contributed by atoms with Gasteiger partial charge in [-0.25, -0.2) is 0 Å². The zero-order valence-corrected chi connectivity index (χ0v) is 16.3. The van der Waals surface area contributed by atoms with Gasteiger partial charge in [0.05, 0.1) is 12.3 Å². The Hall–Kier alpha value is -2.82. The lowest BCUT2D eigenvalue weighted by molar-refractivity contribution is -0.136. The van der Waals surface area contributed by atoms with E-state index >= 15 is 0 Å². The van der Waals surface area contributed by atoms with Crippen molar-refractivity contribution < 1.29 is 14.3 Å². The minimum atomic E-state index is -1.22. The number of carbonyl (C=O) groups is 2. The Kier molecular flexibility index (Phi) is 5.22. The summed E-state index contributed by atoms with van der Waals surface area (Å²) in [4.78, 5) is 28.1. The molecular formula is C22H26N2O3. The third-order valence-corrected chi connectivity index (χ3v) is 4.96. The third kappa shape index (κ3) is 3.54. The maximum absolute atomic E-state index is 13.3. The van der Waals surface area contributed by atoms with Crippen LogP contribution in [0.15, 0.2) is 48.5 Å². The lowest BCUT2D eigenvalue weighted by atomic mass is 9.89. The van der Waals surface area contributed by atoms with Crippen molar-refractivity contribution in [2.24, 2.45) is 5.41 Å². The first-order chi connectivity index (χ1) is 12.9. The Balaban J connectivity index is 1.84. The van der Waals surface area contributed by atoms with Crippen LogP contribution in [-0.2, 0) is 16.0 Å². The molecule has 142 valence electrons. The number of benzene rings is 2. The quantitative estimate of drug-likeness (QED) is 0.813. The summed E-state index contributed by atoms with van der Waals surface area (Å²) >= 11 is 0. The fourth-order valence-corrected chi connectivity index (χ4v) is 3.40. The van der Waals surface area contributed by atoms with Crippen LogP contribution in [0.1, 0.15) is 33.3 Å². The fourth-order valence-electron chi connectivity index (χ4n) is 3.40. The second kappa shape index (κ2) is 7.43. The van der Waals surface area contributed by atoms with Crippen LogP contribution >= 0.6 is 0 Å². The molecule has 3 rings (SSSR count). The highest BCUT2D eigenvalue weighted by molar-refractivity contribution is 6.15. The summed E-state index contributed by atoms with van der Waals surface area (Å²) in [6.45, 7) is 7.73. The number of hydrogen-bond acceptors (Lipinski definition) is 3. The van der Waals surface area contributed by atoms with E-state index in [0.29, 0.717) is 18.0 Å². The number of para-hydroxylation sites is 3. The zero-order chi connectivity index (χ0) is 19.6. The van der Waals surface area contributed by atoms with Crippen molar-refractivity contribution in [3.05, 3.63) is 54.1 Å². The van der Waals surface area contributed by atoms with Crippen LogP contribution in [-0.4, -0.2) is 24.5 Å². The summed E-state index contributed by atoms with van der Waals surface area (Å²) in [6, 6.07) is 15.1. The van der Waals surface area contributed by atoms with Crippen molar-refractivity contribution in [2.45, 2.75) is 40.2 Å². The standard InChI is InChI=1S/C22H26N2O3/c1-5-27-19-13-9-7-11-17(19)23-20(25)22(3,4)21(26)24-15(2)14-16-10-6-8-12-18(16)24/h6-13,15H,5,14H2,1-4H3,(H,23,25). The number of hydrogen-bond donors (Lipinski definition) is 1. The maximum atomic E-state index is 13.3. The third-order valence-electron chi connectivity index (χ3n) is 4.96. The molecule has 1 aliphatic heterocycles. The molecule has 0 radical (unpaired) electrons.